The molecule has 7 nitrogen and oxygen atoms in total. The third kappa shape index (κ3) is 4.44. The first-order chi connectivity index (χ1) is 16.2. The van der Waals surface area contributed by atoms with Crippen LogP contribution in [0.25, 0.3) is 0 Å². The van der Waals surface area contributed by atoms with Crippen molar-refractivity contribution in [2.75, 3.05) is 0 Å². The number of rotatable bonds is 5. The Morgan fingerprint density at radius 2 is 1.65 bits per heavy atom. The molecule has 0 spiro atoms. The molecule has 0 aliphatic heterocycles. The van der Waals surface area contributed by atoms with Gasteiger partial charge in [0.1, 0.15) is 29.4 Å². The van der Waals surface area contributed by atoms with Crippen molar-refractivity contribution in [3.05, 3.63) is 101 Å². The van der Waals surface area contributed by atoms with Crippen LogP contribution in [0, 0.1) is 23.5 Å². The average molecular weight is 469 g/mol. The number of tetrazole rings is 1. The largest absolute Gasteiger partial charge is 0.508 e. The standard InChI is InChI=1S/C23H15F4N5O2/c24-17-6-9-19(20(25)11-17)22(34,13-32-14-29-30-31-32)23(26,27)21-10-5-16(12-28-21)2-1-15-3-7-18(33)8-4-15/h3-12,14,33-34H,13H2. The van der Waals surface area contributed by atoms with Gasteiger partial charge >= 0.3 is 5.92 Å². The summed E-state index contributed by atoms with van der Waals surface area (Å²) in [6, 6.07) is 10.2. The molecule has 34 heavy (non-hydrogen) atoms. The van der Waals surface area contributed by atoms with Crippen LogP contribution in [-0.2, 0) is 18.1 Å². The summed E-state index contributed by atoms with van der Waals surface area (Å²) >= 11 is 0. The molecule has 0 aliphatic rings. The molecule has 0 fully saturated rings. The molecule has 2 aromatic heterocycles. The van der Waals surface area contributed by atoms with E-state index < -0.39 is 41.0 Å². The molecular weight excluding hydrogens is 454 g/mol. The van der Waals surface area contributed by atoms with Gasteiger partial charge in [-0.3, -0.25) is 4.98 Å². The number of nitrogens with zero attached hydrogens (tertiary/aromatic N) is 5. The smallest absolute Gasteiger partial charge is 0.323 e. The highest BCUT2D eigenvalue weighted by atomic mass is 19.3. The number of hydrogen-bond donors (Lipinski definition) is 2. The van der Waals surface area contributed by atoms with E-state index in [0.29, 0.717) is 17.2 Å². The van der Waals surface area contributed by atoms with Gasteiger partial charge in [-0.1, -0.05) is 11.8 Å². The monoisotopic (exact) mass is 469 g/mol. The lowest BCUT2D eigenvalue weighted by Gasteiger charge is -2.35. The van der Waals surface area contributed by atoms with Gasteiger partial charge in [-0.25, -0.2) is 13.5 Å². The zero-order valence-electron chi connectivity index (χ0n) is 17.2. The topological polar surface area (TPSA) is 97.0 Å². The minimum atomic E-state index is -4.15. The van der Waals surface area contributed by atoms with E-state index in [4.69, 9.17) is 0 Å². The van der Waals surface area contributed by atoms with Crippen LogP contribution in [-0.4, -0.2) is 35.4 Å². The number of phenolic OH excluding ortho intramolecular Hbond substituents is 1. The number of phenols is 1. The maximum absolute atomic E-state index is 15.7. The number of aliphatic hydroxyl groups is 1. The van der Waals surface area contributed by atoms with Gasteiger partial charge in [-0.15, -0.1) is 5.10 Å². The van der Waals surface area contributed by atoms with E-state index in [9.17, 15) is 19.0 Å². The SMILES string of the molecule is Oc1ccc(C#Cc2ccc(C(F)(F)C(O)(Cn3cnnn3)c3ccc(F)cc3F)nc2)cc1. The number of hydrogen-bond acceptors (Lipinski definition) is 6. The summed E-state index contributed by atoms with van der Waals surface area (Å²) in [5.41, 5.74) is -4.07. The lowest BCUT2D eigenvalue weighted by molar-refractivity contribution is -0.207. The van der Waals surface area contributed by atoms with E-state index >= 15 is 8.78 Å². The zero-order chi connectivity index (χ0) is 24.3. The van der Waals surface area contributed by atoms with Gasteiger partial charge in [0, 0.05) is 29.0 Å². The predicted octanol–water partition coefficient (Wildman–Crippen LogP) is 3.13. The Bertz CT molecular complexity index is 1350. The van der Waals surface area contributed by atoms with E-state index in [1.165, 1.54) is 18.2 Å². The number of pyridine rings is 1. The molecule has 0 saturated heterocycles. The molecule has 172 valence electrons. The normalized spacial score (nSPS) is 13.1. The lowest BCUT2D eigenvalue weighted by Crippen LogP contribution is -2.48. The van der Waals surface area contributed by atoms with E-state index in [2.05, 4.69) is 32.4 Å². The molecule has 0 radical (unpaired) electrons. The van der Waals surface area contributed by atoms with Gasteiger partial charge in [0.15, 0.2) is 5.60 Å². The average Bonchev–Trinajstić information content (AvgIpc) is 3.31. The highest BCUT2D eigenvalue weighted by Crippen LogP contribution is 2.46. The van der Waals surface area contributed by atoms with Crippen LogP contribution in [0.4, 0.5) is 17.6 Å². The number of aromatic nitrogens is 5. The highest BCUT2D eigenvalue weighted by molar-refractivity contribution is 5.44. The Labute approximate surface area is 190 Å². The number of alkyl halides is 2. The number of benzene rings is 2. The summed E-state index contributed by atoms with van der Waals surface area (Å²) < 4.78 is 60.1. The molecule has 2 N–H and O–H groups in total. The molecule has 4 aromatic rings. The zero-order valence-corrected chi connectivity index (χ0v) is 17.2. The minimum Gasteiger partial charge on any atom is -0.508 e. The molecule has 0 bridgehead atoms. The van der Waals surface area contributed by atoms with Gasteiger partial charge in [0.05, 0.1) is 6.54 Å². The van der Waals surface area contributed by atoms with Crippen LogP contribution in [0.2, 0.25) is 0 Å². The third-order valence-corrected chi connectivity index (χ3v) is 4.98. The van der Waals surface area contributed by atoms with Crippen LogP contribution in [0.15, 0.2) is 67.1 Å². The van der Waals surface area contributed by atoms with Crippen LogP contribution in [0.5, 0.6) is 5.75 Å². The third-order valence-electron chi connectivity index (χ3n) is 4.98. The molecule has 4 rings (SSSR count). The van der Waals surface area contributed by atoms with Crippen LogP contribution >= 0.6 is 0 Å². The van der Waals surface area contributed by atoms with E-state index in [-0.39, 0.29) is 5.75 Å². The summed E-state index contributed by atoms with van der Waals surface area (Å²) in [6.07, 6.45) is 2.05. The predicted molar refractivity (Wildman–Crippen MR) is 110 cm³/mol. The molecular formula is C23H15F4N5O2. The summed E-state index contributed by atoms with van der Waals surface area (Å²) in [6.45, 7) is -0.945. The van der Waals surface area contributed by atoms with Gasteiger partial charge in [0.2, 0.25) is 0 Å². The Kier molecular flexibility index (Phi) is 6.00. The van der Waals surface area contributed by atoms with Crippen molar-refractivity contribution >= 4 is 0 Å². The van der Waals surface area contributed by atoms with Gasteiger partial charge in [-0.05, 0) is 59.0 Å². The fourth-order valence-electron chi connectivity index (χ4n) is 3.22. The maximum atomic E-state index is 15.7. The first-order valence-electron chi connectivity index (χ1n) is 9.73. The Morgan fingerprint density at radius 3 is 2.26 bits per heavy atom. The molecule has 11 heteroatoms. The first-order valence-corrected chi connectivity index (χ1v) is 9.73. The number of halogens is 4. The van der Waals surface area contributed by atoms with Crippen molar-refractivity contribution < 1.29 is 27.8 Å². The molecule has 1 unspecified atom stereocenters. The molecule has 0 amide bonds. The van der Waals surface area contributed by atoms with Crippen molar-refractivity contribution in [2.45, 2.75) is 18.1 Å². The molecule has 1 atom stereocenters. The van der Waals surface area contributed by atoms with Crippen molar-refractivity contribution in [3.8, 4) is 17.6 Å². The van der Waals surface area contributed by atoms with E-state index in [1.54, 1.807) is 12.1 Å². The van der Waals surface area contributed by atoms with Crippen molar-refractivity contribution in [1.82, 2.24) is 25.2 Å². The lowest BCUT2D eigenvalue weighted by atomic mass is 9.84. The van der Waals surface area contributed by atoms with Crippen molar-refractivity contribution in [3.63, 3.8) is 0 Å². The maximum Gasteiger partial charge on any atom is 0.323 e. The quantitative estimate of drug-likeness (QED) is 0.344. The Balaban J connectivity index is 1.71. The molecule has 0 saturated carbocycles. The van der Waals surface area contributed by atoms with Crippen LogP contribution in [0.1, 0.15) is 22.4 Å². The summed E-state index contributed by atoms with van der Waals surface area (Å²) in [5.74, 6) is -0.899. The van der Waals surface area contributed by atoms with Gasteiger partial charge < -0.3 is 10.2 Å². The second-order valence-corrected chi connectivity index (χ2v) is 7.30. The van der Waals surface area contributed by atoms with E-state index in [0.717, 1.165) is 35.4 Å². The molecule has 2 aromatic carbocycles. The summed E-state index contributed by atoms with van der Waals surface area (Å²) in [5, 5.41) is 30.6. The summed E-state index contributed by atoms with van der Waals surface area (Å²) in [4.78, 5) is 3.73. The minimum absolute atomic E-state index is 0.0746. The van der Waals surface area contributed by atoms with E-state index in [1.807, 2.05) is 0 Å². The van der Waals surface area contributed by atoms with Crippen LogP contribution < -0.4 is 0 Å². The van der Waals surface area contributed by atoms with Crippen molar-refractivity contribution in [2.24, 2.45) is 0 Å². The fourth-order valence-corrected chi connectivity index (χ4v) is 3.22. The van der Waals surface area contributed by atoms with Gasteiger partial charge in [0.25, 0.3) is 0 Å². The fraction of sp³-hybridized carbons (Fsp3) is 0.130. The first kappa shape index (κ1) is 22.9. The van der Waals surface area contributed by atoms with Crippen LogP contribution in [0.3, 0.4) is 0 Å². The van der Waals surface area contributed by atoms with Gasteiger partial charge in [-0.2, -0.15) is 8.78 Å². The molecule has 0 aliphatic carbocycles. The second kappa shape index (κ2) is 8.92. The summed E-state index contributed by atoms with van der Waals surface area (Å²) in [7, 11) is 0. The Hall–Kier alpha value is -4.30. The Morgan fingerprint density at radius 1 is 0.941 bits per heavy atom. The highest BCUT2D eigenvalue weighted by Gasteiger charge is 2.57. The second-order valence-electron chi connectivity index (χ2n) is 7.30. The number of aromatic hydroxyl groups is 1. The molecule has 2 heterocycles. The van der Waals surface area contributed by atoms with Crippen molar-refractivity contribution in [1.29, 1.82) is 0 Å².